The number of aryl methyl sites for hydroxylation is 1. The van der Waals surface area contributed by atoms with Crippen LogP contribution in [0, 0.1) is 11.3 Å². The number of aromatic nitrogens is 3. The summed E-state index contributed by atoms with van der Waals surface area (Å²) in [4.78, 5) is 0. The van der Waals surface area contributed by atoms with Crippen molar-refractivity contribution in [2.24, 2.45) is 24.2 Å². The van der Waals surface area contributed by atoms with E-state index < -0.39 is 0 Å². The van der Waals surface area contributed by atoms with E-state index in [-0.39, 0.29) is 0 Å². The second-order valence-corrected chi connectivity index (χ2v) is 6.36. The minimum Gasteiger partial charge on any atom is -0.271 e. The number of nitrogens with one attached hydrogen (secondary N) is 1. The van der Waals surface area contributed by atoms with E-state index in [2.05, 4.69) is 29.6 Å². The first-order chi connectivity index (χ1) is 8.50. The maximum absolute atomic E-state index is 5.72. The summed E-state index contributed by atoms with van der Waals surface area (Å²) < 4.78 is 1.74. The summed E-state index contributed by atoms with van der Waals surface area (Å²) >= 11 is 0. The van der Waals surface area contributed by atoms with Gasteiger partial charge in [0.1, 0.15) is 0 Å². The standard InChI is InChI=1S/C13H25N5/c1-13(2)6-4-10(5-7-13)12(15-14)8-11-9-18(3)17-16-11/h9-10,12,15H,4-8,14H2,1-3H3. The van der Waals surface area contributed by atoms with Crippen LogP contribution in [0.1, 0.15) is 45.2 Å². The van der Waals surface area contributed by atoms with Gasteiger partial charge in [-0.2, -0.15) is 0 Å². The number of rotatable bonds is 4. The zero-order valence-electron chi connectivity index (χ0n) is 11.7. The molecule has 102 valence electrons. The average molecular weight is 251 g/mol. The van der Waals surface area contributed by atoms with Crippen molar-refractivity contribution >= 4 is 0 Å². The second-order valence-electron chi connectivity index (χ2n) is 6.36. The Morgan fingerprint density at radius 1 is 1.50 bits per heavy atom. The predicted molar refractivity (Wildman–Crippen MR) is 71.6 cm³/mol. The Balaban J connectivity index is 1.93. The molecule has 5 nitrogen and oxygen atoms in total. The highest BCUT2D eigenvalue weighted by Gasteiger charge is 2.31. The minimum atomic E-state index is 0.317. The van der Waals surface area contributed by atoms with Gasteiger partial charge < -0.3 is 0 Å². The molecule has 1 unspecified atom stereocenters. The van der Waals surface area contributed by atoms with E-state index in [4.69, 9.17) is 5.84 Å². The van der Waals surface area contributed by atoms with Gasteiger partial charge in [0.25, 0.3) is 0 Å². The Labute approximate surface area is 109 Å². The van der Waals surface area contributed by atoms with Crippen molar-refractivity contribution in [3.05, 3.63) is 11.9 Å². The van der Waals surface area contributed by atoms with Gasteiger partial charge in [-0.1, -0.05) is 19.1 Å². The zero-order chi connectivity index (χ0) is 13.2. The van der Waals surface area contributed by atoms with Gasteiger partial charge in [-0.3, -0.25) is 16.0 Å². The van der Waals surface area contributed by atoms with Crippen molar-refractivity contribution in [3.63, 3.8) is 0 Å². The molecule has 2 rings (SSSR count). The van der Waals surface area contributed by atoms with Crippen LogP contribution >= 0.6 is 0 Å². The van der Waals surface area contributed by atoms with Crippen LogP contribution in [0.3, 0.4) is 0 Å². The minimum absolute atomic E-state index is 0.317. The fourth-order valence-electron chi connectivity index (χ4n) is 2.90. The van der Waals surface area contributed by atoms with Gasteiger partial charge in [0, 0.05) is 25.7 Å². The van der Waals surface area contributed by atoms with Crippen LogP contribution in [0.15, 0.2) is 6.20 Å². The van der Waals surface area contributed by atoms with Crippen molar-refractivity contribution in [2.75, 3.05) is 0 Å². The van der Waals surface area contributed by atoms with E-state index in [1.165, 1.54) is 25.7 Å². The van der Waals surface area contributed by atoms with Crippen LogP contribution in [0.25, 0.3) is 0 Å². The molecule has 0 radical (unpaired) electrons. The highest BCUT2D eigenvalue weighted by atomic mass is 15.4. The molecule has 1 aromatic heterocycles. The molecule has 1 aromatic rings. The van der Waals surface area contributed by atoms with Crippen molar-refractivity contribution in [2.45, 2.75) is 52.0 Å². The Bertz CT molecular complexity index is 374. The first kappa shape index (κ1) is 13.5. The molecule has 1 fully saturated rings. The molecule has 1 heterocycles. The van der Waals surface area contributed by atoms with Gasteiger partial charge in [0.05, 0.1) is 5.69 Å². The third kappa shape index (κ3) is 3.29. The maximum atomic E-state index is 5.72. The van der Waals surface area contributed by atoms with Gasteiger partial charge in [-0.05, 0) is 37.0 Å². The molecule has 5 heteroatoms. The van der Waals surface area contributed by atoms with Crippen molar-refractivity contribution < 1.29 is 0 Å². The average Bonchev–Trinajstić information content (AvgIpc) is 2.72. The number of hydrogen-bond donors (Lipinski definition) is 2. The monoisotopic (exact) mass is 251 g/mol. The molecule has 0 aromatic carbocycles. The number of nitrogens with two attached hydrogens (primary N) is 1. The van der Waals surface area contributed by atoms with E-state index in [1.807, 2.05) is 13.2 Å². The lowest BCUT2D eigenvalue weighted by Gasteiger charge is -2.37. The van der Waals surface area contributed by atoms with Gasteiger partial charge in [0.15, 0.2) is 0 Å². The molecule has 0 spiro atoms. The summed E-state index contributed by atoms with van der Waals surface area (Å²) in [5.74, 6) is 6.38. The van der Waals surface area contributed by atoms with Gasteiger partial charge >= 0.3 is 0 Å². The van der Waals surface area contributed by atoms with Crippen LogP contribution in [0.2, 0.25) is 0 Å². The molecule has 1 atom stereocenters. The van der Waals surface area contributed by atoms with Gasteiger partial charge in [0.2, 0.25) is 0 Å². The highest BCUT2D eigenvalue weighted by Crippen LogP contribution is 2.39. The number of hydrazine groups is 1. The van der Waals surface area contributed by atoms with E-state index in [9.17, 15) is 0 Å². The fraction of sp³-hybridized carbons (Fsp3) is 0.846. The third-order valence-corrected chi connectivity index (χ3v) is 4.25. The molecule has 0 aliphatic heterocycles. The lowest BCUT2D eigenvalue weighted by atomic mass is 9.70. The fourth-order valence-corrected chi connectivity index (χ4v) is 2.90. The normalized spacial score (nSPS) is 22.0. The summed E-state index contributed by atoms with van der Waals surface area (Å²) in [6.45, 7) is 4.72. The quantitative estimate of drug-likeness (QED) is 0.627. The first-order valence-corrected chi connectivity index (χ1v) is 6.81. The summed E-state index contributed by atoms with van der Waals surface area (Å²) in [5, 5.41) is 8.11. The number of nitrogens with zero attached hydrogens (tertiary/aromatic N) is 3. The van der Waals surface area contributed by atoms with E-state index in [0.717, 1.165) is 12.1 Å². The molecule has 1 aliphatic rings. The molecule has 1 aliphatic carbocycles. The van der Waals surface area contributed by atoms with E-state index >= 15 is 0 Å². The van der Waals surface area contributed by atoms with Gasteiger partial charge in [-0.15, -0.1) is 5.10 Å². The Morgan fingerprint density at radius 3 is 2.67 bits per heavy atom. The molecular formula is C13H25N5. The van der Waals surface area contributed by atoms with Crippen LogP contribution < -0.4 is 11.3 Å². The van der Waals surface area contributed by atoms with Crippen LogP contribution in [0.5, 0.6) is 0 Å². The molecule has 0 bridgehead atoms. The lowest BCUT2D eigenvalue weighted by Crippen LogP contribution is -2.44. The molecule has 0 saturated heterocycles. The molecular weight excluding hydrogens is 226 g/mol. The van der Waals surface area contributed by atoms with Crippen molar-refractivity contribution in [1.82, 2.24) is 20.4 Å². The Morgan fingerprint density at radius 2 is 2.17 bits per heavy atom. The largest absolute Gasteiger partial charge is 0.271 e. The maximum Gasteiger partial charge on any atom is 0.0843 e. The van der Waals surface area contributed by atoms with Crippen LogP contribution in [-0.4, -0.2) is 21.0 Å². The highest BCUT2D eigenvalue weighted by molar-refractivity contribution is 4.98. The lowest BCUT2D eigenvalue weighted by molar-refractivity contribution is 0.160. The molecule has 18 heavy (non-hydrogen) atoms. The molecule has 3 N–H and O–H groups in total. The first-order valence-electron chi connectivity index (χ1n) is 6.81. The molecule has 0 amide bonds. The Kier molecular flexibility index (Phi) is 4.02. The van der Waals surface area contributed by atoms with Crippen molar-refractivity contribution in [3.8, 4) is 0 Å². The summed E-state index contributed by atoms with van der Waals surface area (Å²) in [6, 6.07) is 0.317. The summed E-state index contributed by atoms with van der Waals surface area (Å²) in [7, 11) is 1.89. The molecule has 1 saturated carbocycles. The predicted octanol–water partition coefficient (Wildman–Crippen LogP) is 1.41. The van der Waals surface area contributed by atoms with Crippen LogP contribution in [-0.2, 0) is 13.5 Å². The van der Waals surface area contributed by atoms with Gasteiger partial charge in [-0.25, -0.2) is 0 Å². The zero-order valence-corrected chi connectivity index (χ0v) is 11.7. The Hall–Kier alpha value is -0.940. The summed E-state index contributed by atoms with van der Waals surface area (Å²) in [5.41, 5.74) is 4.50. The van der Waals surface area contributed by atoms with Crippen LogP contribution in [0.4, 0.5) is 0 Å². The number of hydrogen-bond acceptors (Lipinski definition) is 4. The topological polar surface area (TPSA) is 68.8 Å². The van der Waals surface area contributed by atoms with E-state index in [1.54, 1.807) is 4.68 Å². The van der Waals surface area contributed by atoms with Crippen molar-refractivity contribution in [1.29, 1.82) is 0 Å². The summed E-state index contributed by atoms with van der Waals surface area (Å²) in [6.07, 6.45) is 7.92. The smallest absolute Gasteiger partial charge is 0.0843 e. The van der Waals surface area contributed by atoms with E-state index in [0.29, 0.717) is 17.4 Å². The third-order valence-electron chi connectivity index (χ3n) is 4.25. The second kappa shape index (κ2) is 5.36. The SMILES string of the molecule is Cn1cc(CC(NN)C2CCC(C)(C)CC2)nn1.